The van der Waals surface area contributed by atoms with E-state index in [0.717, 1.165) is 5.56 Å². The summed E-state index contributed by atoms with van der Waals surface area (Å²) in [7, 11) is 0. The third-order valence-electron chi connectivity index (χ3n) is 3.96. The first kappa shape index (κ1) is 15.6. The summed E-state index contributed by atoms with van der Waals surface area (Å²) < 4.78 is 32.7. The Hall–Kier alpha value is -2.29. The fourth-order valence-corrected chi connectivity index (χ4v) is 2.73. The van der Waals surface area contributed by atoms with Crippen molar-refractivity contribution in [2.24, 2.45) is 0 Å². The maximum absolute atomic E-state index is 13.9. The van der Waals surface area contributed by atoms with Crippen LogP contribution in [0.3, 0.4) is 0 Å². The summed E-state index contributed by atoms with van der Waals surface area (Å²) >= 11 is 0. The van der Waals surface area contributed by atoms with Gasteiger partial charge in [-0.15, -0.1) is 0 Å². The Bertz CT molecular complexity index is 725. The van der Waals surface area contributed by atoms with E-state index in [1.54, 1.807) is 18.2 Å². The minimum atomic E-state index is -0.311. The molecule has 0 saturated carbocycles. The molecular formula is C18H16F2N2O. The van der Waals surface area contributed by atoms with Gasteiger partial charge in [0.2, 0.25) is 0 Å². The van der Waals surface area contributed by atoms with Gasteiger partial charge in [0, 0.05) is 25.2 Å². The second kappa shape index (κ2) is 6.86. The van der Waals surface area contributed by atoms with E-state index in [9.17, 15) is 8.78 Å². The van der Waals surface area contributed by atoms with Crippen molar-refractivity contribution in [2.45, 2.75) is 12.6 Å². The third-order valence-corrected chi connectivity index (χ3v) is 3.96. The molecular weight excluding hydrogens is 298 g/mol. The molecule has 0 amide bonds. The summed E-state index contributed by atoms with van der Waals surface area (Å²) in [4.78, 5) is 2.08. The van der Waals surface area contributed by atoms with Gasteiger partial charge in [0.05, 0.1) is 24.3 Å². The molecule has 118 valence electrons. The summed E-state index contributed by atoms with van der Waals surface area (Å²) in [5.41, 5.74) is 1.86. The number of nitriles is 1. The molecule has 0 spiro atoms. The summed E-state index contributed by atoms with van der Waals surface area (Å²) in [6.07, 6.45) is -0.161. The van der Waals surface area contributed by atoms with Crippen molar-refractivity contribution in [3.8, 4) is 6.07 Å². The summed E-state index contributed by atoms with van der Waals surface area (Å²) in [6, 6.07) is 12.6. The molecule has 0 bridgehead atoms. The molecule has 2 aromatic rings. The molecule has 1 unspecified atom stereocenters. The largest absolute Gasteiger partial charge is 0.371 e. The molecule has 0 aromatic heterocycles. The van der Waals surface area contributed by atoms with Gasteiger partial charge in [-0.25, -0.2) is 8.78 Å². The molecule has 1 heterocycles. The number of rotatable bonds is 3. The average Bonchev–Trinajstić information content (AvgIpc) is 2.58. The highest BCUT2D eigenvalue weighted by atomic mass is 19.1. The first-order chi connectivity index (χ1) is 11.2. The van der Waals surface area contributed by atoms with Gasteiger partial charge in [-0.3, -0.25) is 4.90 Å². The van der Waals surface area contributed by atoms with E-state index in [2.05, 4.69) is 4.90 Å². The number of ether oxygens (including phenoxy) is 1. The second-order valence-electron chi connectivity index (χ2n) is 5.56. The highest BCUT2D eigenvalue weighted by Crippen LogP contribution is 2.24. The molecule has 3 nitrogen and oxygen atoms in total. The van der Waals surface area contributed by atoms with Crippen LogP contribution in [-0.2, 0) is 11.3 Å². The fourth-order valence-electron chi connectivity index (χ4n) is 2.73. The Balaban J connectivity index is 1.72. The zero-order valence-electron chi connectivity index (χ0n) is 12.5. The van der Waals surface area contributed by atoms with Gasteiger partial charge < -0.3 is 4.74 Å². The van der Waals surface area contributed by atoms with Crippen molar-refractivity contribution in [3.05, 3.63) is 70.8 Å². The molecule has 3 rings (SSSR count). The second-order valence-corrected chi connectivity index (χ2v) is 5.56. The van der Waals surface area contributed by atoms with E-state index in [0.29, 0.717) is 37.4 Å². The number of nitrogens with zero attached hydrogens (tertiary/aromatic N) is 2. The molecule has 0 aliphatic carbocycles. The van der Waals surface area contributed by atoms with Crippen molar-refractivity contribution in [1.82, 2.24) is 4.90 Å². The molecule has 0 radical (unpaired) electrons. The lowest BCUT2D eigenvalue weighted by Crippen LogP contribution is -2.38. The van der Waals surface area contributed by atoms with Gasteiger partial charge in [0.15, 0.2) is 0 Å². The molecule has 1 aliphatic heterocycles. The zero-order valence-corrected chi connectivity index (χ0v) is 12.5. The van der Waals surface area contributed by atoms with Gasteiger partial charge in [-0.1, -0.05) is 12.1 Å². The molecule has 23 heavy (non-hydrogen) atoms. The minimum Gasteiger partial charge on any atom is -0.371 e. The lowest BCUT2D eigenvalue weighted by molar-refractivity contribution is -0.0332. The normalized spacial score (nSPS) is 18.6. The molecule has 5 heteroatoms. The van der Waals surface area contributed by atoms with Crippen LogP contribution >= 0.6 is 0 Å². The van der Waals surface area contributed by atoms with E-state index in [4.69, 9.17) is 10.00 Å². The molecule has 1 saturated heterocycles. The Kier molecular flexibility index (Phi) is 4.65. The van der Waals surface area contributed by atoms with Gasteiger partial charge in [0.1, 0.15) is 11.6 Å². The van der Waals surface area contributed by atoms with Crippen LogP contribution < -0.4 is 0 Å². The SMILES string of the molecule is N#Cc1ccc(F)c(CN2CCOC(c3ccc(F)cc3)C2)c1. The van der Waals surface area contributed by atoms with Crippen molar-refractivity contribution < 1.29 is 13.5 Å². The third kappa shape index (κ3) is 3.73. The van der Waals surface area contributed by atoms with Crippen molar-refractivity contribution >= 4 is 0 Å². The summed E-state index contributed by atoms with van der Waals surface area (Å²) in [5.74, 6) is -0.592. The van der Waals surface area contributed by atoms with Gasteiger partial charge in [-0.05, 0) is 35.9 Å². The topological polar surface area (TPSA) is 36.3 Å². The van der Waals surface area contributed by atoms with Crippen LogP contribution in [-0.4, -0.2) is 24.6 Å². The Morgan fingerprint density at radius 2 is 1.96 bits per heavy atom. The van der Waals surface area contributed by atoms with Crippen molar-refractivity contribution in [2.75, 3.05) is 19.7 Å². The number of hydrogen-bond acceptors (Lipinski definition) is 3. The average molecular weight is 314 g/mol. The first-order valence-electron chi connectivity index (χ1n) is 7.43. The smallest absolute Gasteiger partial charge is 0.127 e. The van der Waals surface area contributed by atoms with E-state index in [1.807, 2.05) is 6.07 Å². The van der Waals surface area contributed by atoms with Crippen LogP contribution in [0.25, 0.3) is 0 Å². The lowest BCUT2D eigenvalue weighted by Gasteiger charge is -2.33. The Labute approximate surface area is 133 Å². The van der Waals surface area contributed by atoms with Crippen LogP contribution in [0.1, 0.15) is 22.8 Å². The maximum atomic E-state index is 13.9. The maximum Gasteiger partial charge on any atom is 0.127 e. The predicted molar refractivity (Wildman–Crippen MR) is 81.5 cm³/mol. The molecule has 1 aliphatic rings. The molecule has 1 atom stereocenters. The quantitative estimate of drug-likeness (QED) is 0.871. The minimum absolute atomic E-state index is 0.161. The van der Waals surface area contributed by atoms with Crippen LogP contribution in [0, 0.1) is 23.0 Å². The van der Waals surface area contributed by atoms with Crippen LogP contribution in [0.2, 0.25) is 0 Å². The Morgan fingerprint density at radius 3 is 2.70 bits per heavy atom. The van der Waals surface area contributed by atoms with E-state index in [-0.39, 0.29) is 17.7 Å². The number of hydrogen-bond donors (Lipinski definition) is 0. The molecule has 1 fully saturated rings. The Morgan fingerprint density at radius 1 is 1.17 bits per heavy atom. The fraction of sp³-hybridized carbons (Fsp3) is 0.278. The standard InChI is InChI=1S/C18H16F2N2O/c19-16-4-2-14(3-5-16)18-12-22(7-8-23-18)11-15-9-13(10-21)1-6-17(15)20/h1-6,9,18H,7-8,11-12H2. The van der Waals surface area contributed by atoms with Crippen LogP contribution in [0.15, 0.2) is 42.5 Å². The zero-order chi connectivity index (χ0) is 16.2. The van der Waals surface area contributed by atoms with Gasteiger partial charge in [0.25, 0.3) is 0 Å². The lowest BCUT2D eigenvalue weighted by atomic mass is 10.1. The number of benzene rings is 2. The van der Waals surface area contributed by atoms with Crippen molar-refractivity contribution in [1.29, 1.82) is 5.26 Å². The highest BCUT2D eigenvalue weighted by molar-refractivity contribution is 5.33. The van der Waals surface area contributed by atoms with Gasteiger partial charge >= 0.3 is 0 Å². The van der Waals surface area contributed by atoms with Gasteiger partial charge in [-0.2, -0.15) is 5.26 Å². The predicted octanol–water partition coefficient (Wildman–Crippen LogP) is 3.41. The monoisotopic (exact) mass is 314 g/mol. The molecule has 0 N–H and O–H groups in total. The first-order valence-corrected chi connectivity index (χ1v) is 7.43. The van der Waals surface area contributed by atoms with E-state index >= 15 is 0 Å². The van der Waals surface area contributed by atoms with Crippen LogP contribution in [0.5, 0.6) is 0 Å². The summed E-state index contributed by atoms with van der Waals surface area (Å²) in [6.45, 7) is 2.24. The number of morpholine rings is 1. The highest BCUT2D eigenvalue weighted by Gasteiger charge is 2.22. The van der Waals surface area contributed by atoms with Crippen LogP contribution in [0.4, 0.5) is 8.78 Å². The number of halogens is 2. The van der Waals surface area contributed by atoms with E-state index < -0.39 is 0 Å². The molecule has 2 aromatic carbocycles. The van der Waals surface area contributed by atoms with Crippen molar-refractivity contribution in [3.63, 3.8) is 0 Å². The van der Waals surface area contributed by atoms with E-state index in [1.165, 1.54) is 24.3 Å². The summed E-state index contributed by atoms with van der Waals surface area (Å²) in [5, 5.41) is 8.94.